The predicted molar refractivity (Wildman–Crippen MR) is 106 cm³/mol. The molecule has 2 amide bonds. The largest absolute Gasteiger partial charge is 0.274 e. The first-order valence-corrected chi connectivity index (χ1v) is 9.53. The summed E-state index contributed by atoms with van der Waals surface area (Å²) >= 11 is 6.07. The fourth-order valence-electron chi connectivity index (χ4n) is 4.99. The lowest BCUT2D eigenvalue weighted by Crippen LogP contribution is -2.33. The van der Waals surface area contributed by atoms with Gasteiger partial charge in [-0.1, -0.05) is 65.7 Å². The highest BCUT2D eigenvalue weighted by Crippen LogP contribution is 2.58. The second-order valence-corrected chi connectivity index (χ2v) is 7.86. The molecule has 27 heavy (non-hydrogen) atoms. The minimum absolute atomic E-state index is 0.000778. The number of fused-ring (bicyclic) bond motifs is 5. The molecule has 5 rings (SSSR count). The molecule has 0 radical (unpaired) electrons. The number of imide groups is 1. The van der Waals surface area contributed by atoms with Crippen LogP contribution in [-0.4, -0.2) is 11.8 Å². The third-order valence-corrected chi connectivity index (χ3v) is 6.36. The van der Waals surface area contributed by atoms with Crippen LogP contribution in [0.5, 0.6) is 0 Å². The van der Waals surface area contributed by atoms with E-state index in [2.05, 4.69) is 31.2 Å². The van der Waals surface area contributed by atoms with Gasteiger partial charge in [0.1, 0.15) is 0 Å². The molecule has 1 aliphatic heterocycles. The summed E-state index contributed by atoms with van der Waals surface area (Å²) in [6.07, 6.45) is 4.22. The number of halogens is 1. The van der Waals surface area contributed by atoms with Crippen molar-refractivity contribution in [2.45, 2.75) is 6.92 Å². The van der Waals surface area contributed by atoms with Gasteiger partial charge >= 0.3 is 0 Å². The molecule has 0 aromatic heterocycles. The van der Waals surface area contributed by atoms with Crippen molar-refractivity contribution in [1.29, 1.82) is 0 Å². The Morgan fingerprint density at radius 3 is 2.11 bits per heavy atom. The topological polar surface area (TPSA) is 37.4 Å². The molecule has 4 heteroatoms. The number of hydrogen-bond acceptors (Lipinski definition) is 2. The lowest BCUT2D eigenvalue weighted by atomic mass is 9.85. The van der Waals surface area contributed by atoms with Gasteiger partial charge < -0.3 is 0 Å². The summed E-state index contributed by atoms with van der Waals surface area (Å²) in [4.78, 5) is 27.8. The zero-order valence-corrected chi connectivity index (χ0v) is 15.6. The first-order valence-electron chi connectivity index (χ1n) is 9.15. The van der Waals surface area contributed by atoms with Crippen LogP contribution in [0, 0.1) is 23.7 Å². The zero-order chi connectivity index (χ0) is 18.7. The molecule has 2 bridgehead atoms. The Morgan fingerprint density at radius 2 is 1.52 bits per heavy atom. The van der Waals surface area contributed by atoms with E-state index in [9.17, 15) is 9.59 Å². The maximum Gasteiger partial charge on any atom is 0.238 e. The van der Waals surface area contributed by atoms with Gasteiger partial charge in [0, 0.05) is 16.9 Å². The molecule has 3 aliphatic rings. The number of anilines is 1. The van der Waals surface area contributed by atoms with Crippen LogP contribution in [0.3, 0.4) is 0 Å². The van der Waals surface area contributed by atoms with Crippen LogP contribution >= 0.6 is 11.6 Å². The number of nitrogens with zero attached hydrogens (tertiary/aromatic N) is 1. The standard InChI is InChI=1S/C23H18ClNO2/c1-13(14-6-3-2-4-7-14)19-17-10-11-18(19)21-20(17)22(26)25(23(21)27)16-9-5-8-15(24)12-16/h2-12,17-18,20-21H,1H3/t17-,18-,20+,21+/m1/s1. The van der Waals surface area contributed by atoms with Gasteiger partial charge in [-0.15, -0.1) is 0 Å². The SMILES string of the molecule is CC(=C1[C@H]2C=C[C@H]1[C@@H]1C(=O)N(c3cccc(Cl)c3)C(=O)[C@H]12)c1ccccc1. The van der Waals surface area contributed by atoms with Crippen molar-refractivity contribution in [1.82, 2.24) is 0 Å². The van der Waals surface area contributed by atoms with Crippen LogP contribution in [0.15, 0.2) is 72.3 Å². The Hall–Kier alpha value is -2.65. The normalized spacial score (nSPS) is 28.2. The van der Waals surface area contributed by atoms with Crippen molar-refractivity contribution in [3.8, 4) is 0 Å². The quantitative estimate of drug-likeness (QED) is 0.562. The van der Waals surface area contributed by atoms with Crippen molar-refractivity contribution in [3.05, 3.63) is 82.9 Å². The molecule has 0 spiro atoms. The molecular formula is C23H18ClNO2. The molecular weight excluding hydrogens is 358 g/mol. The van der Waals surface area contributed by atoms with Crippen molar-refractivity contribution in [3.63, 3.8) is 0 Å². The molecule has 1 heterocycles. The Labute approximate surface area is 162 Å². The van der Waals surface area contributed by atoms with E-state index in [1.54, 1.807) is 24.3 Å². The van der Waals surface area contributed by atoms with Gasteiger partial charge in [-0.2, -0.15) is 0 Å². The maximum atomic E-state index is 13.2. The maximum absolute atomic E-state index is 13.2. The summed E-state index contributed by atoms with van der Waals surface area (Å²) in [6.45, 7) is 2.10. The molecule has 2 aromatic rings. The van der Waals surface area contributed by atoms with Crippen molar-refractivity contribution in [2.24, 2.45) is 23.7 Å². The smallest absolute Gasteiger partial charge is 0.238 e. The highest BCUT2D eigenvalue weighted by molar-refractivity contribution is 6.31. The molecule has 2 aromatic carbocycles. The minimum Gasteiger partial charge on any atom is -0.274 e. The Kier molecular flexibility index (Phi) is 3.63. The van der Waals surface area contributed by atoms with Crippen LogP contribution in [0.1, 0.15) is 12.5 Å². The summed E-state index contributed by atoms with van der Waals surface area (Å²) in [7, 11) is 0. The summed E-state index contributed by atoms with van der Waals surface area (Å²) < 4.78 is 0. The van der Waals surface area contributed by atoms with E-state index in [1.165, 1.54) is 16.0 Å². The van der Waals surface area contributed by atoms with E-state index in [-0.39, 0.29) is 35.5 Å². The third kappa shape index (κ3) is 2.28. The van der Waals surface area contributed by atoms with E-state index in [0.29, 0.717) is 10.7 Å². The van der Waals surface area contributed by atoms with Gasteiger partial charge in [0.05, 0.1) is 17.5 Å². The average molecular weight is 376 g/mol. The van der Waals surface area contributed by atoms with Crippen LogP contribution < -0.4 is 4.90 Å². The molecule has 4 atom stereocenters. The molecule has 1 saturated heterocycles. The van der Waals surface area contributed by atoms with Gasteiger partial charge in [-0.05, 0) is 36.3 Å². The van der Waals surface area contributed by atoms with Crippen LogP contribution in [0.4, 0.5) is 5.69 Å². The summed E-state index contributed by atoms with van der Waals surface area (Å²) in [5, 5.41) is 0.520. The fraction of sp³-hybridized carbons (Fsp3) is 0.217. The second kappa shape index (κ2) is 5.93. The molecule has 3 nitrogen and oxygen atoms in total. The van der Waals surface area contributed by atoms with E-state index < -0.39 is 0 Å². The Bertz CT molecular complexity index is 990. The number of hydrogen-bond donors (Lipinski definition) is 0. The van der Waals surface area contributed by atoms with Crippen molar-refractivity contribution >= 4 is 34.7 Å². The summed E-state index contributed by atoms with van der Waals surface area (Å²) in [6, 6.07) is 17.1. The minimum atomic E-state index is -0.305. The first-order chi connectivity index (χ1) is 13.1. The molecule has 2 aliphatic carbocycles. The summed E-state index contributed by atoms with van der Waals surface area (Å²) in [5.74, 6) is -0.827. The predicted octanol–water partition coefficient (Wildman–Crippen LogP) is 4.74. The number of amides is 2. The fourth-order valence-corrected chi connectivity index (χ4v) is 5.17. The number of benzene rings is 2. The van der Waals surface area contributed by atoms with Crippen LogP contribution in [0.25, 0.3) is 5.57 Å². The zero-order valence-electron chi connectivity index (χ0n) is 14.8. The highest BCUT2D eigenvalue weighted by atomic mass is 35.5. The second-order valence-electron chi connectivity index (χ2n) is 7.43. The van der Waals surface area contributed by atoms with Crippen LogP contribution in [-0.2, 0) is 9.59 Å². The van der Waals surface area contributed by atoms with Crippen LogP contribution in [0.2, 0.25) is 5.02 Å². The lowest BCUT2D eigenvalue weighted by molar-refractivity contribution is -0.122. The van der Waals surface area contributed by atoms with Crippen molar-refractivity contribution in [2.75, 3.05) is 4.90 Å². The van der Waals surface area contributed by atoms with Gasteiger partial charge in [0.2, 0.25) is 11.8 Å². The number of carbonyl (C=O) groups is 2. The van der Waals surface area contributed by atoms with E-state index in [0.717, 1.165) is 5.56 Å². The first kappa shape index (κ1) is 16.5. The van der Waals surface area contributed by atoms with Gasteiger partial charge in [0.15, 0.2) is 0 Å². The third-order valence-electron chi connectivity index (χ3n) is 6.12. The molecule has 1 saturated carbocycles. The van der Waals surface area contributed by atoms with Crippen molar-refractivity contribution < 1.29 is 9.59 Å². The number of allylic oxidation sites excluding steroid dienone is 4. The van der Waals surface area contributed by atoms with E-state index in [1.807, 2.05) is 18.2 Å². The Balaban J connectivity index is 1.56. The number of carbonyl (C=O) groups excluding carboxylic acids is 2. The lowest BCUT2D eigenvalue weighted by Gasteiger charge is -2.20. The summed E-state index contributed by atoms with van der Waals surface area (Å²) in [5.41, 5.74) is 4.12. The highest BCUT2D eigenvalue weighted by Gasteiger charge is 2.62. The molecule has 134 valence electrons. The molecule has 2 fully saturated rings. The van der Waals surface area contributed by atoms with Gasteiger partial charge in [-0.3, -0.25) is 9.59 Å². The Morgan fingerprint density at radius 1 is 0.889 bits per heavy atom. The number of rotatable bonds is 2. The average Bonchev–Trinajstić information content (AvgIpc) is 3.31. The van der Waals surface area contributed by atoms with E-state index >= 15 is 0 Å². The van der Waals surface area contributed by atoms with E-state index in [4.69, 9.17) is 11.6 Å². The van der Waals surface area contributed by atoms with Gasteiger partial charge in [0.25, 0.3) is 0 Å². The molecule has 0 N–H and O–H groups in total. The van der Waals surface area contributed by atoms with Gasteiger partial charge in [-0.25, -0.2) is 4.90 Å². The molecule has 0 unspecified atom stereocenters. The monoisotopic (exact) mass is 375 g/mol.